The molecule has 0 aromatic rings. The summed E-state index contributed by atoms with van der Waals surface area (Å²) in [7, 11) is -3.36. The van der Waals surface area contributed by atoms with Gasteiger partial charge in [-0.3, -0.25) is 0 Å². The molecule has 0 rings (SSSR count). The molecule has 0 saturated heterocycles. The molecule has 8 heteroatoms. The zero-order valence-corrected chi connectivity index (χ0v) is 10.3. The fourth-order valence-electron chi connectivity index (χ4n) is 0. The molecule has 0 aliphatic rings. The van der Waals surface area contributed by atoms with Crippen LogP contribution in [-0.4, -0.2) is 35.6 Å². The normalized spacial score (nSPS) is 9.25. The van der Waals surface area contributed by atoms with Crippen molar-refractivity contribution in [2.45, 2.75) is 0 Å². The van der Waals surface area contributed by atoms with Crippen LogP contribution >= 0.6 is 0 Å². The van der Waals surface area contributed by atoms with Gasteiger partial charge in [0.05, 0.1) is 0 Å². The molecule has 0 aliphatic heterocycles. The van der Waals surface area contributed by atoms with E-state index in [1.807, 2.05) is 0 Å². The van der Waals surface area contributed by atoms with Crippen LogP contribution in [-0.2, 0) is 20.3 Å². The molecule has 0 unspecified atom stereocenters. The third-order valence-electron chi connectivity index (χ3n) is 0. The first-order chi connectivity index (χ1) is 3.46. The SMILES string of the molecule is O=[SH](=O)[SiH3].O=[SH](=O)[SiH3]. The lowest BCUT2D eigenvalue weighted by atomic mass is 15.9. The molecule has 0 amide bonds. The van der Waals surface area contributed by atoms with Crippen molar-refractivity contribution < 1.29 is 16.8 Å². The molecule has 0 saturated carbocycles. The molecular formula is H8O4S2Si2. The fraction of sp³-hybridized carbons (Fsp3) is 0. The highest BCUT2D eigenvalue weighted by Crippen LogP contribution is 1.25. The largest absolute Gasteiger partial charge is 0.240 e. The van der Waals surface area contributed by atoms with Gasteiger partial charge in [0, 0.05) is 0 Å². The van der Waals surface area contributed by atoms with Crippen LogP contribution in [0.25, 0.3) is 0 Å². The maximum atomic E-state index is 9.10. The van der Waals surface area contributed by atoms with E-state index in [0.717, 1.165) is 0 Å². The van der Waals surface area contributed by atoms with Crippen LogP contribution in [0.1, 0.15) is 0 Å². The second-order valence-corrected chi connectivity index (χ2v) is 7.02. The minimum Gasteiger partial charge on any atom is -0.240 e. The highest BCUT2D eigenvalue weighted by molar-refractivity contribution is 7.96. The predicted octanol–water partition coefficient (Wildman–Crippen LogP) is -4.24. The monoisotopic (exact) mass is 192 g/mol. The maximum absolute atomic E-state index is 9.10. The Labute approximate surface area is 56.3 Å². The third-order valence-corrected chi connectivity index (χ3v) is 0. The summed E-state index contributed by atoms with van der Waals surface area (Å²) in [6.07, 6.45) is 0. The smallest absolute Gasteiger partial charge is 0.145 e. The van der Waals surface area contributed by atoms with Crippen molar-refractivity contribution in [1.82, 2.24) is 0 Å². The van der Waals surface area contributed by atoms with Crippen molar-refractivity contribution in [1.29, 1.82) is 0 Å². The third kappa shape index (κ3) is 1620. The van der Waals surface area contributed by atoms with E-state index in [1.54, 1.807) is 0 Å². The standard InChI is InChI=1S/2H4O2SSi/c2*1-3(2)4/h2*3H,4H3. The van der Waals surface area contributed by atoms with Crippen molar-refractivity contribution in [3.8, 4) is 0 Å². The number of hydrogen-bond acceptors (Lipinski definition) is 4. The average Bonchev–Trinajstić information content (AvgIpc) is 1.25. The van der Waals surface area contributed by atoms with Gasteiger partial charge in [0.1, 0.15) is 39.1 Å². The van der Waals surface area contributed by atoms with Gasteiger partial charge in [0.25, 0.3) is 0 Å². The van der Waals surface area contributed by atoms with Crippen molar-refractivity contribution in [3.63, 3.8) is 0 Å². The summed E-state index contributed by atoms with van der Waals surface area (Å²) >= 11 is 0. The lowest BCUT2D eigenvalue weighted by Crippen LogP contribution is -1.60. The summed E-state index contributed by atoms with van der Waals surface area (Å²) in [6, 6.07) is 0. The van der Waals surface area contributed by atoms with E-state index in [4.69, 9.17) is 16.8 Å². The Morgan fingerprint density at radius 1 is 0.750 bits per heavy atom. The second kappa shape index (κ2) is 7.33. The molecule has 0 spiro atoms. The summed E-state index contributed by atoms with van der Waals surface area (Å²) in [6.45, 7) is 0. The Morgan fingerprint density at radius 3 is 0.750 bits per heavy atom. The van der Waals surface area contributed by atoms with Gasteiger partial charge in [0.15, 0.2) is 0 Å². The zero-order chi connectivity index (χ0) is 7.15. The molecule has 0 aromatic carbocycles. The van der Waals surface area contributed by atoms with Crippen LogP contribution in [0.4, 0.5) is 0 Å². The summed E-state index contributed by atoms with van der Waals surface area (Å²) in [5.74, 6) is 0. The van der Waals surface area contributed by atoms with Crippen LogP contribution < -0.4 is 0 Å². The molecule has 0 aromatic heterocycles. The van der Waals surface area contributed by atoms with Crippen LogP contribution in [0.3, 0.4) is 0 Å². The molecule has 0 bridgehead atoms. The predicted molar refractivity (Wildman–Crippen MR) is 40.5 cm³/mol. The van der Waals surface area contributed by atoms with Crippen LogP contribution in [0.15, 0.2) is 0 Å². The van der Waals surface area contributed by atoms with Gasteiger partial charge in [0.2, 0.25) is 0 Å². The topological polar surface area (TPSA) is 68.3 Å². The van der Waals surface area contributed by atoms with Crippen molar-refractivity contribution in [2.75, 3.05) is 0 Å². The Balaban J connectivity index is 0. The molecule has 0 atom stereocenters. The first-order valence-corrected chi connectivity index (χ1v) is 10.2. The summed E-state index contributed by atoms with van der Waals surface area (Å²) in [4.78, 5) is 0. The van der Waals surface area contributed by atoms with Gasteiger partial charge in [-0.15, -0.1) is 0 Å². The molecule has 0 radical (unpaired) electrons. The summed E-state index contributed by atoms with van der Waals surface area (Å²) in [5, 5.41) is 0. The van der Waals surface area contributed by atoms with Crippen LogP contribution in [0.2, 0.25) is 0 Å². The van der Waals surface area contributed by atoms with E-state index < -0.39 is 20.3 Å². The van der Waals surface area contributed by atoms with Gasteiger partial charge in [-0.05, 0) is 0 Å². The zero-order valence-electron chi connectivity index (χ0n) is 4.53. The average molecular weight is 192 g/mol. The summed E-state index contributed by atoms with van der Waals surface area (Å²) < 4.78 is 36.4. The lowest BCUT2D eigenvalue weighted by molar-refractivity contribution is 0.624. The van der Waals surface area contributed by atoms with E-state index in [2.05, 4.69) is 0 Å². The fourth-order valence-corrected chi connectivity index (χ4v) is 0. The van der Waals surface area contributed by atoms with Gasteiger partial charge >= 0.3 is 0 Å². The lowest BCUT2D eigenvalue weighted by Gasteiger charge is -1.40. The van der Waals surface area contributed by atoms with Crippen molar-refractivity contribution >= 4 is 39.1 Å². The van der Waals surface area contributed by atoms with E-state index in [-0.39, 0.29) is 0 Å². The van der Waals surface area contributed by atoms with Gasteiger partial charge in [-0.25, -0.2) is 16.8 Å². The van der Waals surface area contributed by atoms with Crippen molar-refractivity contribution in [3.05, 3.63) is 0 Å². The highest BCUT2D eigenvalue weighted by Gasteiger charge is 1.46. The molecule has 0 fully saturated rings. The second-order valence-electron chi connectivity index (χ2n) is 0.879. The minimum atomic E-state index is -1.98. The van der Waals surface area contributed by atoms with Crippen molar-refractivity contribution in [2.24, 2.45) is 0 Å². The molecule has 8 heavy (non-hydrogen) atoms. The van der Waals surface area contributed by atoms with Gasteiger partial charge in [-0.2, -0.15) is 0 Å². The molecule has 0 heterocycles. The number of hydrogen-bond donors (Lipinski definition) is 2. The van der Waals surface area contributed by atoms with Gasteiger partial charge in [-0.1, -0.05) is 0 Å². The molecule has 0 N–H and O–H groups in total. The number of rotatable bonds is 0. The number of thiol groups is 2. The first-order valence-electron chi connectivity index (χ1n) is 1.62. The molecule has 52 valence electrons. The highest BCUT2D eigenvalue weighted by atomic mass is 32.4. The van der Waals surface area contributed by atoms with Crippen LogP contribution in [0, 0.1) is 0 Å². The summed E-state index contributed by atoms with van der Waals surface area (Å²) in [5.41, 5.74) is 0. The van der Waals surface area contributed by atoms with E-state index in [0.29, 0.717) is 18.8 Å². The maximum Gasteiger partial charge on any atom is 0.145 e. The Bertz CT molecular complexity index is 129. The Morgan fingerprint density at radius 2 is 0.750 bits per heavy atom. The Hall–Kier alpha value is 0.334. The first kappa shape index (κ1) is 11.2. The quantitative estimate of drug-likeness (QED) is 0.301. The van der Waals surface area contributed by atoms with Crippen LogP contribution in [0.5, 0.6) is 0 Å². The van der Waals surface area contributed by atoms with E-state index in [1.165, 1.54) is 0 Å². The van der Waals surface area contributed by atoms with E-state index in [9.17, 15) is 0 Å². The van der Waals surface area contributed by atoms with E-state index >= 15 is 0 Å². The van der Waals surface area contributed by atoms with Gasteiger partial charge < -0.3 is 0 Å². The minimum absolute atomic E-state index is 0.302. The Kier molecular flexibility index (Phi) is 10.2. The molecule has 4 nitrogen and oxygen atoms in total. The molecule has 0 aliphatic carbocycles. The molecular weight excluding hydrogens is 184 g/mol.